The van der Waals surface area contributed by atoms with E-state index < -0.39 is 7.92 Å². The summed E-state index contributed by atoms with van der Waals surface area (Å²) >= 11 is 0. The molecule has 0 N–H and O–H groups in total. The molecule has 0 saturated carbocycles. The van der Waals surface area contributed by atoms with Crippen LogP contribution in [0.15, 0.2) is 78.9 Å². The van der Waals surface area contributed by atoms with Crippen molar-refractivity contribution in [2.75, 3.05) is 28.2 Å². The molecule has 0 bridgehead atoms. The molecule has 0 saturated heterocycles. The molecule has 0 aromatic heterocycles. The molecule has 2 nitrogen and oxygen atoms in total. The van der Waals surface area contributed by atoms with E-state index in [-0.39, 0.29) is 0 Å². The Balaban J connectivity index is 2.26. The Kier molecular flexibility index (Phi) is 7.24. The minimum absolute atomic E-state index is 0.360. The van der Waals surface area contributed by atoms with Crippen molar-refractivity contribution in [3.63, 3.8) is 0 Å². The van der Waals surface area contributed by atoms with Gasteiger partial charge in [-0.05, 0) is 77.0 Å². The van der Waals surface area contributed by atoms with Gasteiger partial charge in [-0.25, -0.2) is 0 Å². The van der Waals surface area contributed by atoms with Crippen LogP contribution < -0.4 is 15.9 Å². The van der Waals surface area contributed by atoms with Crippen LogP contribution >= 0.6 is 7.92 Å². The van der Waals surface area contributed by atoms with Crippen LogP contribution in [0.4, 0.5) is 0 Å². The monoisotopic (exact) mass is 404 g/mol. The lowest BCUT2D eigenvalue weighted by molar-refractivity contribution is 0.322. The van der Waals surface area contributed by atoms with E-state index in [2.05, 4.69) is 131 Å². The maximum Gasteiger partial charge on any atom is 0.0320 e. The average molecular weight is 405 g/mol. The second-order valence-electron chi connectivity index (χ2n) is 8.07. The van der Waals surface area contributed by atoms with Crippen LogP contribution in [0, 0.1) is 0 Å². The van der Waals surface area contributed by atoms with Crippen LogP contribution in [0.5, 0.6) is 0 Å². The minimum atomic E-state index is -0.655. The first-order valence-corrected chi connectivity index (χ1v) is 11.6. The van der Waals surface area contributed by atoms with Gasteiger partial charge in [0.15, 0.2) is 0 Å². The van der Waals surface area contributed by atoms with Crippen LogP contribution in [-0.2, 0) is 0 Å². The van der Waals surface area contributed by atoms with Gasteiger partial charge in [0.2, 0.25) is 0 Å². The van der Waals surface area contributed by atoms with E-state index in [0.717, 1.165) is 0 Å². The van der Waals surface area contributed by atoms with Crippen molar-refractivity contribution in [1.29, 1.82) is 0 Å². The number of hydrogen-bond donors (Lipinski definition) is 0. The third kappa shape index (κ3) is 4.78. The van der Waals surface area contributed by atoms with Crippen LogP contribution in [-0.4, -0.2) is 38.0 Å². The van der Waals surface area contributed by atoms with E-state index in [1.54, 1.807) is 0 Å². The van der Waals surface area contributed by atoms with Crippen molar-refractivity contribution in [2.24, 2.45) is 0 Å². The third-order valence-corrected chi connectivity index (χ3v) is 8.41. The van der Waals surface area contributed by atoms with E-state index in [1.807, 2.05) is 0 Å². The van der Waals surface area contributed by atoms with Gasteiger partial charge in [0.25, 0.3) is 0 Å². The highest BCUT2D eigenvalue weighted by molar-refractivity contribution is 7.80. The fourth-order valence-corrected chi connectivity index (χ4v) is 6.43. The summed E-state index contributed by atoms with van der Waals surface area (Å²) in [7, 11) is 7.99. The van der Waals surface area contributed by atoms with Gasteiger partial charge >= 0.3 is 0 Å². The topological polar surface area (TPSA) is 6.48 Å². The van der Waals surface area contributed by atoms with Crippen molar-refractivity contribution >= 4 is 23.8 Å². The van der Waals surface area contributed by atoms with Gasteiger partial charge in [0.05, 0.1) is 0 Å². The molecule has 0 aliphatic heterocycles. The Morgan fingerprint density at radius 2 is 0.931 bits per heavy atom. The predicted octanol–water partition coefficient (Wildman–Crippen LogP) is 4.69. The van der Waals surface area contributed by atoms with Crippen molar-refractivity contribution in [3.05, 3.63) is 90.0 Å². The summed E-state index contributed by atoms with van der Waals surface area (Å²) < 4.78 is 0. The van der Waals surface area contributed by atoms with Crippen molar-refractivity contribution in [1.82, 2.24) is 9.80 Å². The van der Waals surface area contributed by atoms with Gasteiger partial charge in [-0.15, -0.1) is 0 Å². The molecule has 3 aromatic rings. The van der Waals surface area contributed by atoms with E-state index in [4.69, 9.17) is 0 Å². The molecule has 0 fully saturated rings. The number of hydrogen-bond acceptors (Lipinski definition) is 2. The Labute approximate surface area is 177 Å². The molecular weight excluding hydrogens is 371 g/mol. The van der Waals surface area contributed by atoms with Gasteiger partial charge in [0, 0.05) is 12.1 Å². The maximum atomic E-state index is 2.34. The Morgan fingerprint density at radius 3 is 1.34 bits per heavy atom. The van der Waals surface area contributed by atoms with Crippen LogP contribution in [0.3, 0.4) is 0 Å². The van der Waals surface area contributed by atoms with Crippen molar-refractivity contribution in [2.45, 2.75) is 25.9 Å². The summed E-state index contributed by atoms with van der Waals surface area (Å²) in [6.45, 7) is 4.59. The first-order chi connectivity index (χ1) is 13.9. The molecule has 3 rings (SSSR count). The molecule has 2 atom stereocenters. The first kappa shape index (κ1) is 21.7. The number of nitrogens with zero attached hydrogens (tertiary/aromatic N) is 2. The fraction of sp³-hybridized carbons (Fsp3) is 0.308. The summed E-state index contributed by atoms with van der Waals surface area (Å²) in [6, 6.07) is 29.8. The molecular formula is C26H33N2P. The van der Waals surface area contributed by atoms with E-state index in [9.17, 15) is 0 Å². The summed E-state index contributed by atoms with van der Waals surface area (Å²) in [5, 5.41) is 4.31. The predicted molar refractivity (Wildman–Crippen MR) is 129 cm³/mol. The number of benzene rings is 3. The zero-order chi connectivity index (χ0) is 21.0. The molecule has 0 unspecified atom stereocenters. The highest BCUT2D eigenvalue weighted by Crippen LogP contribution is 2.38. The zero-order valence-electron chi connectivity index (χ0n) is 18.5. The molecule has 29 heavy (non-hydrogen) atoms. The second kappa shape index (κ2) is 9.67. The smallest absolute Gasteiger partial charge is 0.0320 e. The third-order valence-electron chi connectivity index (χ3n) is 5.82. The van der Waals surface area contributed by atoms with Crippen molar-refractivity contribution in [3.8, 4) is 0 Å². The molecule has 0 spiro atoms. The molecule has 152 valence electrons. The molecule has 0 aliphatic rings. The van der Waals surface area contributed by atoms with Crippen LogP contribution in [0.2, 0.25) is 0 Å². The summed E-state index contributed by atoms with van der Waals surface area (Å²) in [4.78, 5) is 4.59. The van der Waals surface area contributed by atoms with Crippen LogP contribution in [0.1, 0.15) is 37.1 Å². The Hall–Kier alpha value is -1.99. The highest BCUT2D eigenvalue weighted by atomic mass is 31.1. The van der Waals surface area contributed by atoms with Gasteiger partial charge < -0.3 is 9.80 Å². The van der Waals surface area contributed by atoms with Crippen LogP contribution in [0.25, 0.3) is 0 Å². The minimum Gasteiger partial charge on any atom is -0.303 e. The lowest BCUT2D eigenvalue weighted by atomic mass is 10.1. The quantitative estimate of drug-likeness (QED) is 0.527. The normalized spacial score (nSPS) is 13.8. The molecule has 0 heterocycles. The Bertz CT molecular complexity index is 863. The highest BCUT2D eigenvalue weighted by Gasteiger charge is 2.25. The SMILES string of the molecule is C[C@@H](c1ccccc1P(c1ccccc1)c1ccccc1[C@H](C)N(C)C)N(C)C. The lowest BCUT2D eigenvalue weighted by Gasteiger charge is -2.31. The summed E-state index contributed by atoms with van der Waals surface area (Å²) in [5.74, 6) is 0. The zero-order valence-corrected chi connectivity index (χ0v) is 19.4. The molecule has 0 radical (unpaired) electrons. The second-order valence-corrected chi connectivity index (χ2v) is 10.2. The molecule has 0 aliphatic carbocycles. The van der Waals surface area contributed by atoms with E-state index >= 15 is 0 Å². The Morgan fingerprint density at radius 1 is 0.552 bits per heavy atom. The molecule has 0 amide bonds. The van der Waals surface area contributed by atoms with E-state index in [0.29, 0.717) is 12.1 Å². The van der Waals surface area contributed by atoms with Gasteiger partial charge in [-0.1, -0.05) is 78.9 Å². The molecule has 3 heteroatoms. The first-order valence-electron chi connectivity index (χ1n) is 10.3. The van der Waals surface area contributed by atoms with E-state index in [1.165, 1.54) is 27.0 Å². The van der Waals surface area contributed by atoms with Crippen molar-refractivity contribution < 1.29 is 0 Å². The molecule has 3 aromatic carbocycles. The van der Waals surface area contributed by atoms with Gasteiger partial charge in [-0.3, -0.25) is 0 Å². The fourth-order valence-electron chi connectivity index (χ4n) is 3.63. The maximum absolute atomic E-state index is 2.34. The lowest BCUT2D eigenvalue weighted by Crippen LogP contribution is -2.31. The summed E-state index contributed by atoms with van der Waals surface area (Å²) in [5.41, 5.74) is 2.83. The standard InChI is InChI=1S/C26H33N2P/c1-20(27(3)4)23-16-10-12-18-25(23)29(22-14-8-7-9-15-22)26-19-13-11-17-24(26)21(2)28(5)6/h7-21H,1-6H3/t20-,21-/m0/s1. The number of rotatable bonds is 7. The average Bonchev–Trinajstić information content (AvgIpc) is 2.74. The largest absolute Gasteiger partial charge is 0.303 e. The van der Waals surface area contributed by atoms with Gasteiger partial charge in [-0.2, -0.15) is 0 Å². The summed E-state index contributed by atoms with van der Waals surface area (Å²) in [6.07, 6.45) is 0. The van der Waals surface area contributed by atoms with Gasteiger partial charge in [0.1, 0.15) is 0 Å².